The van der Waals surface area contributed by atoms with Gasteiger partial charge in [-0.1, -0.05) is 0 Å². The van der Waals surface area contributed by atoms with Crippen molar-refractivity contribution in [2.45, 2.75) is 46.3 Å². The fraction of sp³-hybridized carbons (Fsp3) is 0.450. The Hall–Kier alpha value is -2.63. The van der Waals surface area contributed by atoms with E-state index in [9.17, 15) is 4.79 Å². The lowest BCUT2D eigenvalue weighted by Crippen LogP contribution is -2.39. The van der Waals surface area contributed by atoms with Crippen LogP contribution in [0.25, 0.3) is 0 Å². The van der Waals surface area contributed by atoms with Crippen LogP contribution in [0.15, 0.2) is 18.5 Å². The molecule has 2 aromatic rings. The maximum atomic E-state index is 12.0. The molecule has 0 saturated carbocycles. The van der Waals surface area contributed by atoms with Crippen molar-refractivity contribution in [1.82, 2.24) is 15.3 Å². The van der Waals surface area contributed by atoms with Gasteiger partial charge in [-0.2, -0.15) is 0 Å². The maximum absolute atomic E-state index is 12.0. The summed E-state index contributed by atoms with van der Waals surface area (Å²) in [5, 5.41) is 2.88. The second-order valence-electron chi connectivity index (χ2n) is 7.19. The van der Waals surface area contributed by atoms with Crippen LogP contribution in [-0.4, -0.2) is 35.1 Å². The Morgan fingerprint density at radius 1 is 1.15 bits per heavy atom. The zero-order valence-corrected chi connectivity index (χ0v) is 15.5. The Morgan fingerprint density at radius 2 is 1.92 bits per heavy atom. The van der Waals surface area contributed by atoms with E-state index in [0.29, 0.717) is 6.54 Å². The molecule has 2 aromatic heterocycles. The normalized spacial score (nSPS) is 17.2. The average molecular weight is 352 g/mol. The Balaban J connectivity index is 1.47. The minimum absolute atomic E-state index is 0.00137. The van der Waals surface area contributed by atoms with Gasteiger partial charge in [0.15, 0.2) is 0 Å². The summed E-state index contributed by atoms with van der Waals surface area (Å²) in [5.41, 5.74) is 4.89. The van der Waals surface area contributed by atoms with Crippen molar-refractivity contribution < 1.29 is 9.53 Å². The predicted molar refractivity (Wildman–Crippen MR) is 99.7 cm³/mol. The van der Waals surface area contributed by atoms with Gasteiger partial charge in [0.1, 0.15) is 17.7 Å². The van der Waals surface area contributed by atoms with Gasteiger partial charge in [0.25, 0.3) is 5.91 Å². The van der Waals surface area contributed by atoms with Crippen molar-refractivity contribution in [3.63, 3.8) is 0 Å². The first kappa shape index (κ1) is 16.8. The molecule has 1 N–H and O–H groups in total. The van der Waals surface area contributed by atoms with E-state index in [1.165, 1.54) is 0 Å². The van der Waals surface area contributed by atoms with Crippen LogP contribution >= 0.6 is 0 Å². The Kier molecular flexibility index (Phi) is 4.26. The summed E-state index contributed by atoms with van der Waals surface area (Å²) >= 11 is 0. The highest BCUT2D eigenvalue weighted by molar-refractivity contribution is 5.99. The van der Waals surface area contributed by atoms with Crippen molar-refractivity contribution in [2.24, 2.45) is 0 Å². The van der Waals surface area contributed by atoms with Crippen molar-refractivity contribution in [1.29, 1.82) is 0 Å². The number of rotatable bonds is 3. The fourth-order valence-corrected chi connectivity index (χ4v) is 3.80. The quantitative estimate of drug-likeness (QED) is 0.920. The van der Waals surface area contributed by atoms with Gasteiger partial charge in [-0.25, -0.2) is 4.98 Å². The number of carbonyl (C=O) groups excluding carboxylic acids is 1. The number of hydrogen-bond acceptors (Lipinski definition) is 5. The SMILES string of the molecule is Cc1cncc(OC2CCN(c3nc4c(c(C)c3C)C(=O)NC4)CC2)c1. The minimum atomic E-state index is -0.00137. The van der Waals surface area contributed by atoms with Crippen LogP contribution in [0.1, 0.15) is 45.6 Å². The molecule has 4 heterocycles. The highest BCUT2D eigenvalue weighted by atomic mass is 16.5. The Labute approximate surface area is 153 Å². The van der Waals surface area contributed by atoms with E-state index >= 15 is 0 Å². The molecule has 1 fully saturated rings. The molecular formula is C20H24N4O2. The van der Waals surface area contributed by atoms with E-state index in [2.05, 4.69) is 22.1 Å². The van der Waals surface area contributed by atoms with Crippen LogP contribution in [-0.2, 0) is 6.54 Å². The number of pyridine rings is 2. The summed E-state index contributed by atoms with van der Waals surface area (Å²) in [6, 6.07) is 2.03. The number of ether oxygens (including phenoxy) is 1. The number of aromatic nitrogens is 2. The number of anilines is 1. The first-order valence-electron chi connectivity index (χ1n) is 9.14. The number of piperidine rings is 1. The van der Waals surface area contributed by atoms with Crippen LogP contribution in [0.4, 0.5) is 5.82 Å². The third-order valence-electron chi connectivity index (χ3n) is 5.34. The molecule has 4 rings (SSSR count). The Morgan fingerprint density at radius 3 is 2.65 bits per heavy atom. The largest absolute Gasteiger partial charge is 0.489 e. The van der Waals surface area contributed by atoms with Crippen LogP contribution in [0, 0.1) is 20.8 Å². The van der Waals surface area contributed by atoms with Gasteiger partial charge in [-0.05, 0) is 43.5 Å². The molecule has 0 unspecified atom stereocenters. The molecule has 6 nitrogen and oxygen atoms in total. The molecule has 0 aliphatic carbocycles. The smallest absolute Gasteiger partial charge is 0.253 e. The summed E-state index contributed by atoms with van der Waals surface area (Å²) in [7, 11) is 0. The molecule has 0 bridgehead atoms. The molecule has 2 aliphatic rings. The Bertz CT molecular complexity index is 857. The fourth-order valence-electron chi connectivity index (χ4n) is 3.80. The van der Waals surface area contributed by atoms with Gasteiger partial charge in [-0.3, -0.25) is 9.78 Å². The van der Waals surface area contributed by atoms with E-state index in [4.69, 9.17) is 9.72 Å². The summed E-state index contributed by atoms with van der Waals surface area (Å²) in [5.74, 6) is 1.85. The zero-order chi connectivity index (χ0) is 18.3. The first-order valence-corrected chi connectivity index (χ1v) is 9.14. The van der Waals surface area contributed by atoms with Crippen LogP contribution < -0.4 is 15.0 Å². The van der Waals surface area contributed by atoms with Crippen LogP contribution in [0.3, 0.4) is 0 Å². The van der Waals surface area contributed by atoms with Gasteiger partial charge in [0.2, 0.25) is 0 Å². The van der Waals surface area contributed by atoms with Gasteiger partial charge >= 0.3 is 0 Å². The first-order chi connectivity index (χ1) is 12.5. The lowest BCUT2D eigenvalue weighted by atomic mass is 10.0. The molecule has 1 saturated heterocycles. The number of amides is 1. The van der Waals surface area contributed by atoms with E-state index in [1.54, 1.807) is 6.20 Å². The molecule has 0 aromatic carbocycles. The van der Waals surface area contributed by atoms with Crippen LogP contribution in [0.2, 0.25) is 0 Å². The minimum Gasteiger partial charge on any atom is -0.489 e. The molecule has 1 amide bonds. The molecule has 0 radical (unpaired) electrons. The number of hydrogen-bond donors (Lipinski definition) is 1. The summed E-state index contributed by atoms with van der Waals surface area (Å²) in [4.78, 5) is 23.3. The van der Waals surface area contributed by atoms with Gasteiger partial charge < -0.3 is 15.0 Å². The van der Waals surface area contributed by atoms with E-state index in [-0.39, 0.29) is 12.0 Å². The number of aryl methyl sites for hydroxylation is 1. The lowest BCUT2D eigenvalue weighted by molar-refractivity contribution is 0.0965. The van der Waals surface area contributed by atoms with E-state index < -0.39 is 0 Å². The zero-order valence-electron chi connectivity index (χ0n) is 15.5. The summed E-state index contributed by atoms with van der Waals surface area (Å²) < 4.78 is 6.10. The molecule has 6 heteroatoms. The molecule has 26 heavy (non-hydrogen) atoms. The van der Waals surface area contributed by atoms with Crippen LogP contribution in [0.5, 0.6) is 5.75 Å². The molecule has 136 valence electrons. The summed E-state index contributed by atoms with van der Waals surface area (Å²) in [6.45, 7) is 8.43. The standard InChI is InChI=1S/C20H24N4O2/c1-12-8-16(10-21-9-12)26-15-4-6-24(7-5-15)19-14(3)13(2)18-17(23-19)11-22-20(18)25/h8-10,15H,4-7,11H2,1-3H3,(H,22,25). The van der Waals surface area contributed by atoms with Gasteiger partial charge in [-0.15, -0.1) is 0 Å². The number of nitrogens with one attached hydrogen (secondary N) is 1. The number of carbonyl (C=O) groups is 1. The predicted octanol–water partition coefficient (Wildman–Crippen LogP) is 2.69. The molecule has 0 spiro atoms. The average Bonchev–Trinajstić information content (AvgIpc) is 3.00. The van der Waals surface area contributed by atoms with Crippen molar-refractivity contribution >= 4 is 11.7 Å². The lowest BCUT2D eigenvalue weighted by Gasteiger charge is -2.34. The number of nitrogens with zero attached hydrogens (tertiary/aromatic N) is 3. The van der Waals surface area contributed by atoms with E-state index in [0.717, 1.165) is 65.4 Å². The number of fused-ring (bicyclic) bond motifs is 1. The van der Waals surface area contributed by atoms with Crippen molar-refractivity contribution in [3.05, 3.63) is 46.4 Å². The monoisotopic (exact) mass is 352 g/mol. The molecule has 0 atom stereocenters. The van der Waals surface area contributed by atoms with Crippen molar-refractivity contribution in [2.75, 3.05) is 18.0 Å². The summed E-state index contributed by atoms with van der Waals surface area (Å²) in [6.07, 6.45) is 5.71. The third-order valence-corrected chi connectivity index (χ3v) is 5.34. The topological polar surface area (TPSA) is 67.3 Å². The van der Waals surface area contributed by atoms with Gasteiger partial charge in [0.05, 0.1) is 24.0 Å². The molecular weight excluding hydrogens is 328 g/mol. The molecule has 2 aliphatic heterocycles. The third kappa shape index (κ3) is 3.00. The van der Waals surface area contributed by atoms with Gasteiger partial charge in [0, 0.05) is 32.1 Å². The van der Waals surface area contributed by atoms with E-state index in [1.807, 2.05) is 26.1 Å². The second kappa shape index (κ2) is 6.59. The second-order valence-corrected chi connectivity index (χ2v) is 7.19. The highest BCUT2D eigenvalue weighted by Gasteiger charge is 2.29. The highest BCUT2D eigenvalue weighted by Crippen LogP contribution is 2.30. The maximum Gasteiger partial charge on any atom is 0.253 e. The van der Waals surface area contributed by atoms with Crippen molar-refractivity contribution in [3.8, 4) is 5.75 Å².